The van der Waals surface area contributed by atoms with Crippen molar-refractivity contribution in [3.63, 3.8) is 0 Å². The highest BCUT2D eigenvalue weighted by Crippen LogP contribution is 2.18. The fourth-order valence-corrected chi connectivity index (χ4v) is 2.05. The van der Waals surface area contributed by atoms with Gasteiger partial charge in [-0.1, -0.05) is 5.11 Å². The van der Waals surface area contributed by atoms with Crippen molar-refractivity contribution in [2.45, 2.75) is 12.8 Å². The molecule has 0 aromatic carbocycles. The van der Waals surface area contributed by atoms with Crippen molar-refractivity contribution in [2.75, 3.05) is 19.6 Å². The van der Waals surface area contributed by atoms with Gasteiger partial charge in [0.15, 0.2) is 0 Å². The van der Waals surface area contributed by atoms with Gasteiger partial charge in [-0.3, -0.25) is 14.8 Å². The molecule has 1 aliphatic heterocycles. The average Bonchev–Trinajstić information content (AvgIpc) is 2.76. The predicted octanol–water partition coefficient (Wildman–Crippen LogP) is 1.18. The third-order valence-corrected chi connectivity index (χ3v) is 2.95. The van der Waals surface area contributed by atoms with Crippen LogP contribution in [0.25, 0.3) is 10.4 Å². The lowest BCUT2D eigenvalue weighted by molar-refractivity contribution is -0.127. The molecule has 1 amide bonds. The van der Waals surface area contributed by atoms with Crippen LogP contribution in [0.15, 0.2) is 23.7 Å². The molecule has 0 aliphatic carbocycles. The maximum atomic E-state index is 11.7. The van der Waals surface area contributed by atoms with Crippen LogP contribution in [0.4, 0.5) is 0 Å². The van der Waals surface area contributed by atoms with Crippen LogP contribution < -0.4 is 0 Å². The third kappa shape index (κ3) is 3.18. The van der Waals surface area contributed by atoms with Crippen LogP contribution in [0.5, 0.6) is 0 Å². The molecule has 0 bridgehead atoms. The zero-order valence-corrected chi connectivity index (χ0v) is 9.94. The molecule has 0 spiro atoms. The zero-order valence-electron chi connectivity index (χ0n) is 9.94. The first-order chi connectivity index (χ1) is 8.79. The first-order valence-corrected chi connectivity index (χ1v) is 5.83. The SMILES string of the molecule is [N-]=[N+]=NCC1CC(=O)N(CCc2cnccn2)C1. The average molecular weight is 246 g/mol. The van der Waals surface area contributed by atoms with Gasteiger partial charge in [0, 0.05) is 56.0 Å². The number of carbonyl (C=O) groups excluding carboxylic acids is 1. The third-order valence-electron chi connectivity index (χ3n) is 2.95. The van der Waals surface area contributed by atoms with Crippen LogP contribution in [-0.4, -0.2) is 40.4 Å². The Morgan fingerprint density at radius 3 is 3.17 bits per heavy atom. The molecular weight excluding hydrogens is 232 g/mol. The molecule has 1 atom stereocenters. The molecule has 2 rings (SSSR count). The van der Waals surface area contributed by atoms with Crippen LogP contribution in [0.1, 0.15) is 12.1 Å². The van der Waals surface area contributed by atoms with Crippen molar-refractivity contribution in [2.24, 2.45) is 11.0 Å². The van der Waals surface area contributed by atoms with Crippen molar-refractivity contribution >= 4 is 5.91 Å². The van der Waals surface area contributed by atoms with E-state index in [2.05, 4.69) is 20.0 Å². The van der Waals surface area contributed by atoms with Gasteiger partial charge in [-0.2, -0.15) is 0 Å². The highest BCUT2D eigenvalue weighted by Gasteiger charge is 2.28. The number of azide groups is 1. The van der Waals surface area contributed by atoms with E-state index in [0.717, 1.165) is 5.69 Å². The van der Waals surface area contributed by atoms with Gasteiger partial charge in [-0.25, -0.2) is 0 Å². The van der Waals surface area contributed by atoms with E-state index < -0.39 is 0 Å². The second-order valence-corrected chi connectivity index (χ2v) is 4.27. The minimum atomic E-state index is 0.122. The molecule has 7 nitrogen and oxygen atoms in total. The standard InChI is InChI=1S/C11H14N6O/c12-16-15-6-9-5-11(18)17(8-9)4-1-10-7-13-2-3-14-10/h2-3,7,9H,1,4-6,8H2. The molecule has 1 aliphatic rings. The van der Waals surface area contributed by atoms with Crippen LogP contribution in [0.2, 0.25) is 0 Å². The van der Waals surface area contributed by atoms with Gasteiger partial charge in [-0.05, 0) is 11.4 Å². The van der Waals surface area contributed by atoms with Crippen LogP contribution in [0, 0.1) is 5.92 Å². The summed E-state index contributed by atoms with van der Waals surface area (Å²) in [5.74, 6) is 0.271. The van der Waals surface area contributed by atoms with Gasteiger partial charge in [0.2, 0.25) is 5.91 Å². The van der Waals surface area contributed by atoms with Crippen molar-refractivity contribution < 1.29 is 4.79 Å². The van der Waals surface area contributed by atoms with Gasteiger partial charge in [0.05, 0.1) is 5.69 Å². The summed E-state index contributed by atoms with van der Waals surface area (Å²) >= 11 is 0. The molecule has 94 valence electrons. The minimum Gasteiger partial charge on any atom is -0.342 e. The maximum absolute atomic E-state index is 11.7. The number of hydrogen-bond acceptors (Lipinski definition) is 4. The van der Waals surface area contributed by atoms with E-state index in [4.69, 9.17) is 5.53 Å². The second kappa shape index (κ2) is 5.97. The first-order valence-electron chi connectivity index (χ1n) is 5.83. The smallest absolute Gasteiger partial charge is 0.222 e. The van der Waals surface area contributed by atoms with E-state index in [9.17, 15) is 4.79 Å². The van der Waals surface area contributed by atoms with Crippen molar-refractivity contribution in [1.29, 1.82) is 0 Å². The van der Waals surface area contributed by atoms with Gasteiger partial charge in [0.1, 0.15) is 0 Å². The molecule has 1 unspecified atom stereocenters. The summed E-state index contributed by atoms with van der Waals surface area (Å²) in [6.07, 6.45) is 6.15. The molecule has 0 N–H and O–H groups in total. The van der Waals surface area contributed by atoms with E-state index in [1.54, 1.807) is 23.5 Å². The molecule has 7 heteroatoms. The fraction of sp³-hybridized carbons (Fsp3) is 0.545. The van der Waals surface area contributed by atoms with Crippen LogP contribution in [-0.2, 0) is 11.2 Å². The highest BCUT2D eigenvalue weighted by molar-refractivity contribution is 5.78. The second-order valence-electron chi connectivity index (χ2n) is 4.27. The summed E-state index contributed by atoms with van der Waals surface area (Å²) in [5.41, 5.74) is 9.13. The first kappa shape index (κ1) is 12.3. The van der Waals surface area contributed by atoms with Gasteiger partial charge in [0.25, 0.3) is 0 Å². The number of likely N-dealkylation sites (tertiary alicyclic amines) is 1. The molecule has 18 heavy (non-hydrogen) atoms. The zero-order chi connectivity index (χ0) is 12.8. The Balaban J connectivity index is 1.83. The lowest BCUT2D eigenvalue weighted by Crippen LogP contribution is -2.28. The fourth-order valence-electron chi connectivity index (χ4n) is 2.05. The van der Waals surface area contributed by atoms with E-state index in [-0.39, 0.29) is 11.8 Å². The topological polar surface area (TPSA) is 94.9 Å². The Hall–Kier alpha value is -2.14. The van der Waals surface area contributed by atoms with E-state index in [1.165, 1.54) is 0 Å². The summed E-state index contributed by atoms with van der Waals surface area (Å²) in [6, 6.07) is 0. The molecular formula is C11H14N6O. The Kier molecular flexibility index (Phi) is 4.09. The van der Waals surface area contributed by atoms with Crippen molar-refractivity contribution in [3.8, 4) is 0 Å². The quantitative estimate of drug-likeness (QED) is 0.443. The summed E-state index contributed by atoms with van der Waals surface area (Å²) in [6.45, 7) is 1.70. The van der Waals surface area contributed by atoms with Crippen LogP contribution in [0.3, 0.4) is 0 Å². The molecule has 1 saturated heterocycles. The highest BCUT2D eigenvalue weighted by atomic mass is 16.2. The van der Waals surface area contributed by atoms with Crippen molar-refractivity contribution in [1.82, 2.24) is 14.9 Å². The number of carbonyl (C=O) groups is 1. The summed E-state index contributed by atoms with van der Waals surface area (Å²) in [4.78, 5) is 24.4. The lowest BCUT2D eigenvalue weighted by Gasteiger charge is -2.15. The monoisotopic (exact) mass is 246 g/mol. The van der Waals surface area contributed by atoms with E-state index in [1.807, 2.05) is 0 Å². The predicted molar refractivity (Wildman–Crippen MR) is 64.4 cm³/mol. The number of nitrogens with zero attached hydrogens (tertiary/aromatic N) is 6. The molecule has 0 radical (unpaired) electrons. The largest absolute Gasteiger partial charge is 0.342 e. The normalized spacial score (nSPS) is 18.8. The number of hydrogen-bond donors (Lipinski definition) is 0. The molecule has 1 aromatic heterocycles. The van der Waals surface area contributed by atoms with Crippen molar-refractivity contribution in [3.05, 3.63) is 34.7 Å². The van der Waals surface area contributed by atoms with Gasteiger partial charge >= 0.3 is 0 Å². The summed E-state index contributed by atoms with van der Waals surface area (Å²) < 4.78 is 0. The summed E-state index contributed by atoms with van der Waals surface area (Å²) in [7, 11) is 0. The Morgan fingerprint density at radius 2 is 2.44 bits per heavy atom. The van der Waals surface area contributed by atoms with Crippen LogP contribution >= 0.6 is 0 Å². The summed E-state index contributed by atoms with van der Waals surface area (Å²) in [5, 5.41) is 3.52. The van der Waals surface area contributed by atoms with E-state index >= 15 is 0 Å². The Labute approximate surface area is 104 Å². The molecule has 1 fully saturated rings. The van der Waals surface area contributed by atoms with Gasteiger partial charge in [-0.15, -0.1) is 0 Å². The Bertz CT molecular complexity index is 456. The Morgan fingerprint density at radius 1 is 1.56 bits per heavy atom. The van der Waals surface area contributed by atoms with Gasteiger partial charge < -0.3 is 4.90 Å². The molecule has 1 aromatic rings. The molecule has 0 saturated carbocycles. The van der Waals surface area contributed by atoms with E-state index in [0.29, 0.717) is 32.5 Å². The lowest BCUT2D eigenvalue weighted by atomic mass is 10.1. The molecule has 2 heterocycles. The number of rotatable bonds is 5. The minimum absolute atomic E-state index is 0.122. The number of amides is 1. The maximum Gasteiger partial charge on any atom is 0.222 e. The number of aromatic nitrogens is 2.